The lowest BCUT2D eigenvalue weighted by molar-refractivity contribution is 0.268. The highest BCUT2D eigenvalue weighted by Gasteiger charge is 2.08. The fraction of sp³-hybridized carbons (Fsp3) is 0.250. The first-order chi connectivity index (χ1) is 7.72. The first-order valence-electron chi connectivity index (χ1n) is 5.09. The van der Waals surface area contributed by atoms with E-state index in [0.29, 0.717) is 0 Å². The van der Waals surface area contributed by atoms with Crippen molar-refractivity contribution < 1.29 is 9.52 Å². The maximum Gasteiger partial charge on any atom is 0.181 e. The highest BCUT2D eigenvalue weighted by molar-refractivity contribution is 5.59. The van der Waals surface area contributed by atoms with E-state index in [4.69, 9.17) is 15.3 Å². The molecule has 1 aromatic carbocycles. The van der Waals surface area contributed by atoms with Crippen molar-refractivity contribution in [3.05, 3.63) is 41.9 Å². The minimum absolute atomic E-state index is 0.0549. The van der Waals surface area contributed by atoms with Gasteiger partial charge in [0.1, 0.15) is 0 Å². The summed E-state index contributed by atoms with van der Waals surface area (Å²) in [5.74, 6) is 0.768. The Labute approximate surface area is 93.7 Å². The van der Waals surface area contributed by atoms with Crippen LogP contribution in [0.15, 0.2) is 35.1 Å². The van der Waals surface area contributed by atoms with Crippen LogP contribution in [-0.4, -0.2) is 16.7 Å². The van der Waals surface area contributed by atoms with Crippen LogP contribution in [0.3, 0.4) is 0 Å². The maximum atomic E-state index is 8.93. The van der Waals surface area contributed by atoms with Crippen molar-refractivity contribution in [3.8, 4) is 11.3 Å². The number of benzene rings is 1. The van der Waals surface area contributed by atoms with E-state index in [1.165, 1.54) is 6.39 Å². The quantitative estimate of drug-likeness (QED) is 0.821. The largest absolute Gasteiger partial charge is 0.443 e. The number of aliphatic hydroxyl groups is 1. The van der Waals surface area contributed by atoms with Gasteiger partial charge in [-0.1, -0.05) is 24.3 Å². The van der Waals surface area contributed by atoms with Crippen LogP contribution in [-0.2, 0) is 0 Å². The van der Waals surface area contributed by atoms with Gasteiger partial charge < -0.3 is 15.3 Å². The van der Waals surface area contributed by atoms with E-state index in [-0.39, 0.29) is 12.6 Å². The average molecular weight is 218 g/mol. The molecule has 0 aliphatic rings. The molecule has 4 nitrogen and oxygen atoms in total. The molecule has 0 saturated carbocycles. The summed E-state index contributed by atoms with van der Waals surface area (Å²) in [4.78, 5) is 4.04. The number of aromatic nitrogens is 1. The molecule has 0 aliphatic carbocycles. The zero-order chi connectivity index (χ0) is 11.5. The summed E-state index contributed by atoms with van der Waals surface area (Å²) < 4.78 is 5.29. The molecule has 0 unspecified atom stereocenters. The molecule has 1 atom stereocenters. The third kappa shape index (κ3) is 1.98. The summed E-state index contributed by atoms with van der Waals surface area (Å²) >= 11 is 0. The molecule has 1 heterocycles. The lowest BCUT2D eigenvalue weighted by Gasteiger charge is -2.08. The molecular weight excluding hydrogens is 204 g/mol. The van der Waals surface area contributed by atoms with Crippen LogP contribution < -0.4 is 5.73 Å². The molecule has 2 rings (SSSR count). The van der Waals surface area contributed by atoms with Crippen molar-refractivity contribution in [2.45, 2.75) is 13.0 Å². The van der Waals surface area contributed by atoms with Gasteiger partial charge in [0.2, 0.25) is 0 Å². The van der Waals surface area contributed by atoms with Crippen molar-refractivity contribution in [1.82, 2.24) is 4.98 Å². The van der Waals surface area contributed by atoms with E-state index in [9.17, 15) is 0 Å². The van der Waals surface area contributed by atoms with Crippen LogP contribution >= 0.6 is 0 Å². The Bertz CT molecular complexity index is 462. The fourth-order valence-corrected chi connectivity index (χ4v) is 1.57. The molecule has 2 aromatic rings. The van der Waals surface area contributed by atoms with E-state index in [1.807, 2.05) is 31.2 Å². The topological polar surface area (TPSA) is 72.3 Å². The van der Waals surface area contributed by atoms with Gasteiger partial charge in [-0.05, 0) is 12.5 Å². The number of hydrogen-bond acceptors (Lipinski definition) is 4. The number of aryl methyl sites for hydroxylation is 1. The molecule has 0 amide bonds. The van der Waals surface area contributed by atoms with Crippen molar-refractivity contribution in [3.63, 3.8) is 0 Å². The van der Waals surface area contributed by atoms with Crippen molar-refractivity contribution in [2.24, 2.45) is 5.73 Å². The van der Waals surface area contributed by atoms with Crippen LogP contribution in [0.25, 0.3) is 11.3 Å². The Morgan fingerprint density at radius 2 is 2.06 bits per heavy atom. The third-order valence-electron chi connectivity index (χ3n) is 2.54. The predicted octanol–water partition coefficient (Wildman–Crippen LogP) is 1.64. The molecule has 3 N–H and O–H groups in total. The molecule has 1 aromatic heterocycles. The zero-order valence-electron chi connectivity index (χ0n) is 9.05. The molecule has 0 fully saturated rings. The van der Waals surface area contributed by atoms with E-state index >= 15 is 0 Å². The van der Waals surface area contributed by atoms with E-state index in [1.54, 1.807) is 0 Å². The van der Waals surface area contributed by atoms with Crippen LogP contribution in [0, 0.1) is 6.92 Å². The highest BCUT2D eigenvalue weighted by Crippen LogP contribution is 2.23. The Morgan fingerprint density at radius 1 is 1.38 bits per heavy atom. The predicted molar refractivity (Wildman–Crippen MR) is 60.7 cm³/mol. The van der Waals surface area contributed by atoms with Gasteiger partial charge in [0.25, 0.3) is 0 Å². The van der Waals surface area contributed by atoms with Crippen LogP contribution in [0.4, 0.5) is 0 Å². The maximum absolute atomic E-state index is 8.93. The highest BCUT2D eigenvalue weighted by atomic mass is 16.3. The lowest BCUT2D eigenvalue weighted by atomic mass is 10.0. The summed E-state index contributed by atoms with van der Waals surface area (Å²) in [5, 5.41) is 8.93. The summed E-state index contributed by atoms with van der Waals surface area (Å²) in [6.07, 6.45) is 1.43. The normalized spacial score (nSPS) is 12.7. The summed E-state index contributed by atoms with van der Waals surface area (Å²) in [6, 6.07) is 7.28. The minimum atomic E-state index is -0.329. The first kappa shape index (κ1) is 10.9. The molecule has 0 radical (unpaired) electrons. The number of rotatable bonds is 3. The Balaban J connectivity index is 2.30. The fourth-order valence-electron chi connectivity index (χ4n) is 1.57. The van der Waals surface area contributed by atoms with Crippen LogP contribution in [0.2, 0.25) is 0 Å². The minimum Gasteiger partial charge on any atom is -0.443 e. The van der Waals surface area contributed by atoms with Gasteiger partial charge in [-0.2, -0.15) is 0 Å². The standard InChI is InChI=1S/C12H14N2O2/c1-8-12(16-7-14-8)10-4-2-9(3-5-10)11(13)6-15/h2-5,7,11,15H,6,13H2,1H3/t11-/m0/s1. The molecule has 0 bridgehead atoms. The zero-order valence-corrected chi connectivity index (χ0v) is 9.05. The summed E-state index contributed by atoms with van der Waals surface area (Å²) in [5.41, 5.74) is 8.44. The van der Waals surface area contributed by atoms with Crippen LogP contribution in [0.5, 0.6) is 0 Å². The molecule has 4 heteroatoms. The van der Waals surface area contributed by atoms with Gasteiger partial charge in [-0.3, -0.25) is 0 Å². The van der Waals surface area contributed by atoms with Gasteiger partial charge in [0.05, 0.1) is 18.3 Å². The van der Waals surface area contributed by atoms with Crippen molar-refractivity contribution in [1.29, 1.82) is 0 Å². The van der Waals surface area contributed by atoms with Crippen molar-refractivity contribution >= 4 is 0 Å². The number of oxazole rings is 1. The monoisotopic (exact) mass is 218 g/mol. The van der Waals surface area contributed by atoms with Gasteiger partial charge in [0, 0.05) is 5.56 Å². The van der Waals surface area contributed by atoms with Crippen LogP contribution in [0.1, 0.15) is 17.3 Å². The average Bonchev–Trinajstić information content (AvgIpc) is 2.75. The summed E-state index contributed by atoms with van der Waals surface area (Å²) in [6.45, 7) is 1.84. The second-order valence-corrected chi connectivity index (χ2v) is 3.68. The van der Waals surface area contributed by atoms with Gasteiger partial charge in [-0.25, -0.2) is 4.98 Å². The molecule has 84 valence electrons. The van der Waals surface area contributed by atoms with E-state index in [2.05, 4.69) is 4.98 Å². The Morgan fingerprint density at radius 3 is 2.56 bits per heavy atom. The molecule has 0 saturated heterocycles. The summed E-state index contributed by atoms with van der Waals surface area (Å²) in [7, 11) is 0. The third-order valence-corrected chi connectivity index (χ3v) is 2.54. The SMILES string of the molecule is Cc1ncoc1-c1ccc([C@@H](N)CO)cc1. The van der Waals surface area contributed by atoms with Gasteiger partial charge >= 0.3 is 0 Å². The molecule has 0 aliphatic heterocycles. The van der Waals surface area contributed by atoms with Gasteiger partial charge in [0.15, 0.2) is 12.2 Å². The van der Waals surface area contributed by atoms with Crippen molar-refractivity contribution in [2.75, 3.05) is 6.61 Å². The second-order valence-electron chi connectivity index (χ2n) is 3.68. The first-order valence-corrected chi connectivity index (χ1v) is 5.09. The number of nitrogens with zero attached hydrogens (tertiary/aromatic N) is 1. The molecule has 16 heavy (non-hydrogen) atoms. The van der Waals surface area contributed by atoms with E-state index in [0.717, 1.165) is 22.6 Å². The smallest absolute Gasteiger partial charge is 0.181 e. The number of hydrogen-bond donors (Lipinski definition) is 2. The Hall–Kier alpha value is -1.65. The second kappa shape index (κ2) is 4.47. The van der Waals surface area contributed by atoms with Gasteiger partial charge in [-0.15, -0.1) is 0 Å². The number of nitrogens with two attached hydrogens (primary N) is 1. The number of aliphatic hydroxyl groups excluding tert-OH is 1. The molecular formula is C12H14N2O2. The molecule has 0 spiro atoms. The Kier molecular flexibility index (Phi) is 3.03. The van der Waals surface area contributed by atoms with E-state index < -0.39 is 0 Å². The lowest BCUT2D eigenvalue weighted by Crippen LogP contribution is -2.14.